The minimum atomic E-state index is 0.0993. The van der Waals surface area contributed by atoms with Gasteiger partial charge in [-0.15, -0.1) is 0 Å². The summed E-state index contributed by atoms with van der Waals surface area (Å²) in [6.45, 7) is 1.64. The van der Waals surface area contributed by atoms with Gasteiger partial charge in [-0.3, -0.25) is 9.69 Å². The van der Waals surface area contributed by atoms with Crippen molar-refractivity contribution in [2.24, 2.45) is 0 Å². The highest BCUT2D eigenvalue weighted by atomic mass is 16.5. The molecule has 2 bridgehead atoms. The number of benzene rings is 1. The van der Waals surface area contributed by atoms with Crippen LogP contribution in [-0.2, 0) is 0 Å². The Kier molecular flexibility index (Phi) is 4.70. The standard InChI is InChI=1S/C20H25N5O2/c1-24-15-7-8-16(24)12-25(10-9-15)19(26)14-5-3-13(4-6-14)17-11-18(27-2)23-20(21)22-17/h3-6,11,15-16H,7-10,12H2,1-2H3,(H2,21,22,23)/t15-,16+/m1/s1. The van der Waals surface area contributed by atoms with Crippen LogP contribution < -0.4 is 10.5 Å². The Morgan fingerprint density at radius 3 is 2.63 bits per heavy atom. The first-order chi connectivity index (χ1) is 13.0. The summed E-state index contributed by atoms with van der Waals surface area (Å²) < 4.78 is 5.15. The Labute approximate surface area is 159 Å². The number of likely N-dealkylation sites (N-methyl/N-ethyl adjacent to an activating group) is 1. The van der Waals surface area contributed by atoms with E-state index in [1.807, 2.05) is 29.2 Å². The highest BCUT2D eigenvalue weighted by molar-refractivity contribution is 5.94. The third-order valence-corrected chi connectivity index (χ3v) is 5.79. The molecule has 2 aromatic rings. The van der Waals surface area contributed by atoms with E-state index in [2.05, 4.69) is 21.9 Å². The van der Waals surface area contributed by atoms with Crippen LogP contribution in [0.5, 0.6) is 5.88 Å². The van der Waals surface area contributed by atoms with Gasteiger partial charge in [0.1, 0.15) is 0 Å². The molecule has 0 saturated carbocycles. The van der Waals surface area contributed by atoms with Crippen LogP contribution in [0.15, 0.2) is 30.3 Å². The molecule has 27 heavy (non-hydrogen) atoms. The van der Waals surface area contributed by atoms with E-state index in [-0.39, 0.29) is 11.9 Å². The molecule has 1 aromatic carbocycles. The zero-order chi connectivity index (χ0) is 19.0. The van der Waals surface area contributed by atoms with Crippen LogP contribution in [0.25, 0.3) is 11.3 Å². The van der Waals surface area contributed by atoms with Crippen LogP contribution in [0.4, 0.5) is 5.95 Å². The van der Waals surface area contributed by atoms with Crippen LogP contribution in [0.1, 0.15) is 29.6 Å². The second kappa shape index (κ2) is 7.15. The predicted octanol–water partition coefficient (Wildman–Crippen LogP) is 2.04. The van der Waals surface area contributed by atoms with Gasteiger partial charge in [-0.2, -0.15) is 4.98 Å². The summed E-state index contributed by atoms with van der Waals surface area (Å²) in [4.78, 5) is 25.7. The number of anilines is 1. The van der Waals surface area contributed by atoms with Gasteiger partial charge < -0.3 is 15.4 Å². The Hall–Kier alpha value is -2.67. The Balaban J connectivity index is 1.52. The Morgan fingerprint density at radius 2 is 1.89 bits per heavy atom. The van der Waals surface area contributed by atoms with Crippen LogP contribution in [0.3, 0.4) is 0 Å². The number of methoxy groups -OCH3 is 1. The molecule has 7 nitrogen and oxygen atoms in total. The monoisotopic (exact) mass is 367 g/mol. The molecule has 2 saturated heterocycles. The highest BCUT2D eigenvalue weighted by Gasteiger charge is 2.36. The molecular weight excluding hydrogens is 342 g/mol. The smallest absolute Gasteiger partial charge is 0.253 e. The number of likely N-dealkylation sites (tertiary alicyclic amines) is 1. The first kappa shape index (κ1) is 17.7. The first-order valence-corrected chi connectivity index (χ1v) is 9.35. The minimum absolute atomic E-state index is 0.0993. The summed E-state index contributed by atoms with van der Waals surface area (Å²) >= 11 is 0. The fourth-order valence-electron chi connectivity index (χ4n) is 4.15. The van der Waals surface area contributed by atoms with Gasteiger partial charge in [0.05, 0.1) is 12.8 Å². The SMILES string of the molecule is COc1cc(-c2ccc(C(=O)N3CC[C@H]4CC[C@@H](C3)N4C)cc2)nc(N)n1. The zero-order valence-corrected chi connectivity index (χ0v) is 15.8. The van der Waals surface area contributed by atoms with Crippen LogP contribution in [0, 0.1) is 0 Å². The van der Waals surface area contributed by atoms with Gasteiger partial charge in [-0.05, 0) is 38.4 Å². The van der Waals surface area contributed by atoms with E-state index in [1.165, 1.54) is 12.8 Å². The van der Waals surface area contributed by atoms with Crippen molar-refractivity contribution in [3.63, 3.8) is 0 Å². The number of aromatic nitrogens is 2. The second-order valence-corrected chi connectivity index (χ2v) is 7.32. The Bertz CT molecular complexity index is 839. The Morgan fingerprint density at radius 1 is 1.15 bits per heavy atom. The molecule has 1 aromatic heterocycles. The molecular formula is C20H25N5O2. The summed E-state index contributed by atoms with van der Waals surface area (Å²) in [6, 6.07) is 10.3. The summed E-state index contributed by atoms with van der Waals surface area (Å²) in [6.07, 6.45) is 3.49. The van der Waals surface area contributed by atoms with Gasteiger partial charge in [-0.25, -0.2) is 4.98 Å². The molecule has 7 heteroatoms. The molecule has 0 unspecified atom stereocenters. The predicted molar refractivity (Wildman–Crippen MR) is 104 cm³/mol. The van der Waals surface area contributed by atoms with Crippen molar-refractivity contribution in [1.82, 2.24) is 19.8 Å². The van der Waals surface area contributed by atoms with E-state index < -0.39 is 0 Å². The molecule has 4 rings (SSSR count). The fourth-order valence-corrected chi connectivity index (χ4v) is 4.15. The van der Waals surface area contributed by atoms with Crippen molar-refractivity contribution in [2.75, 3.05) is 33.0 Å². The molecule has 0 aliphatic carbocycles. The van der Waals surface area contributed by atoms with Crippen molar-refractivity contribution in [1.29, 1.82) is 0 Å². The van der Waals surface area contributed by atoms with E-state index in [0.29, 0.717) is 29.2 Å². The maximum absolute atomic E-state index is 13.0. The van der Waals surface area contributed by atoms with E-state index >= 15 is 0 Å². The van der Waals surface area contributed by atoms with Gasteiger partial charge in [0.2, 0.25) is 11.8 Å². The second-order valence-electron chi connectivity index (χ2n) is 7.32. The molecule has 2 aliphatic rings. The number of nitrogen functional groups attached to an aromatic ring is 1. The number of rotatable bonds is 3. The summed E-state index contributed by atoms with van der Waals surface area (Å²) in [5, 5.41) is 0. The van der Waals surface area contributed by atoms with Crippen molar-refractivity contribution < 1.29 is 9.53 Å². The first-order valence-electron chi connectivity index (χ1n) is 9.35. The minimum Gasteiger partial charge on any atom is -0.481 e. The van der Waals surface area contributed by atoms with Crippen molar-refractivity contribution in [3.8, 4) is 17.1 Å². The van der Waals surface area contributed by atoms with Crippen molar-refractivity contribution in [2.45, 2.75) is 31.3 Å². The molecule has 2 fully saturated rings. The van der Waals surface area contributed by atoms with Gasteiger partial charge in [0, 0.05) is 42.4 Å². The molecule has 3 heterocycles. The van der Waals surface area contributed by atoms with E-state index in [1.54, 1.807) is 13.2 Å². The fraction of sp³-hybridized carbons (Fsp3) is 0.450. The number of hydrogen-bond donors (Lipinski definition) is 1. The lowest BCUT2D eigenvalue weighted by Crippen LogP contribution is -2.39. The van der Waals surface area contributed by atoms with Gasteiger partial charge in [0.25, 0.3) is 5.91 Å². The number of hydrogen-bond acceptors (Lipinski definition) is 6. The molecule has 2 aliphatic heterocycles. The lowest BCUT2D eigenvalue weighted by atomic mass is 10.1. The maximum Gasteiger partial charge on any atom is 0.253 e. The number of nitrogens with zero attached hydrogens (tertiary/aromatic N) is 4. The molecule has 2 atom stereocenters. The molecule has 0 radical (unpaired) electrons. The molecule has 2 N–H and O–H groups in total. The van der Waals surface area contributed by atoms with Crippen molar-refractivity contribution in [3.05, 3.63) is 35.9 Å². The molecule has 142 valence electrons. The largest absolute Gasteiger partial charge is 0.481 e. The van der Waals surface area contributed by atoms with Gasteiger partial charge in [0.15, 0.2) is 0 Å². The zero-order valence-electron chi connectivity index (χ0n) is 15.8. The number of ether oxygens (including phenoxy) is 1. The van der Waals surface area contributed by atoms with Crippen LogP contribution >= 0.6 is 0 Å². The van der Waals surface area contributed by atoms with E-state index in [4.69, 9.17) is 10.5 Å². The molecule has 1 amide bonds. The lowest BCUT2D eigenvalue weighted by molar-refractivity contribution is 0.0740. The summed E-state index contributed by atoms with van der Waals surface area (Å²) in [5.41, 5.74) is 7.98. The topological polar surface area (TPSA) is 84.6 Å². The number of amides is 1. The quantitative estimate of drug-likeness (QED) is 0.894. The number of carbonyl (C=O) groups excluding carboxylic acids is 1. The lowest BCUT2D eigenvalue weighted by Gasteiger charge is -2.26. The summed E-state index contributed by atoms with van der Waals surface area (Å²) in [5.74, 6) is 0.678. The number of carbonyl (C=O) groups is 1. The number of nitrogens with two attached hydrogens (primary N) is 1. The van der Waals surface area contributed by atoms with Gasteiger partial charge >= 0.3 is 0 Å². The van der Waals surface area contributed by atoms with Crippen LogP contribution in [-0.4, -0.2) is 65.0 Å². The maximum atomic E-state index is 13.0. The average Bonchev–Trinajstić information content (AvgIpc) is 2.92. The van der Waals surface area contributed by atoms with E-state index in [0.717, 1.165) is 25.1 Å². The highest BCUT2D eigenvalue weighted by Crippen LogP contribution is 2.29. The van der Waals surface area contributed by atoms with Gasteiger partial charge in [-0.1, -0.05) is 12.1 Å². The van der Waals surface area contributed by atoms with Crippen molar-refractivity contribution >= 4 is 11.9 Å². The van der Waals surface area contributed by atoms with Crippen LogP contribution in [0.2, 0.25) is 0 Å². The summed E-state index contributed by atoms with van der Waals surface area (Å²) in [7, 11) is 3.73. The molecule has 0 spiro atoms. The van der Waals surface area contributed by atoms with E-state index in [9.17, 15) is 4.79 Å². The average molecular weight is 367 g/mol. The third-order valence-electron chi connectivity index (χ3n) is 5.79. The number of fused-ring (bicyclic) bond motifs is 2. The normalized spacial score (nSPS) is 22.5. The third kappa shape index (κ3) is 3.47.